The number of fused-ring (bicyclic) bond motifs is 1. The highest BCUT2D eigenvalue weighted by Crippen LogP contribution is 2.39. The summed E-state index contributed by atoms with van der Waals surface area (Å²) in [6.07, 6.45) is 4.06. The lowest BCUT2D eigenvalue weighted by Gasteiger charge is -2.34. The standard InChI is InChI=1S/C25H28F2N6O/c1-15(2)33-8-9-34-24-19(26)10-18(11-21(24)33)23-20(27)13-29-25(31-23)30-22-5-4-16(12-28-22)17-6-7-32(3)14-17/h4-5,10-13,15,17H,6-9,14H2,1-3H3,(H,28,29,30,31). The average molecular weight is 467 g/mol. The van der Waals surface area contributed by atoms with Crippen molar-refractivity contribution in [2.24, 2.45) is 0 Å². The van der Waals surface area contributed by atoms with Crippen molar-refractivity contribution in [3.05, 3.63) is 53.9 Å². The van der Waals surface area contributed by atoms with Crippen molar-refractivity contribution in [2.45, 2.75) is 32.2 Å². The molecule has 2 aliphatic heterocycles. The highest BCUT2D eigenvalue weighted by Gasteiger charge is 2.26. The van der Waals surface area contributed by atoms with Crippen LogP contribution in [0.5, 0.6) is 5.75 Å². The Labute approximate surface area is 197 Å². The highest BCUT2D eigenvalue weighted by molar-refractivity contribution is 5.73. The van der Waals surface area contributed by atoms with Gasteiger partial charge in [-0.25, -0.2) is 23.7 Å². The summed E-state index contributed by atoms with van der Waals surface area (Å²) in [6.45, 7) is 7.19. The molecule has 0 spiro atoms. The molecule has 0 radical (unpaired) electrons. The molecular weight excluding hydrogens is 438 g/mol. The van der Waals surface area contributed by atoms with Crippen molar-refractivity contribution in [3.63, 3.8) is 0 Å². The molecule has 2 aliphatic rings. The average Bonchev–Trinajstić information content (AvgIpc) is 3.26. The molecule has 2 aromatic heterocycles. The third kappa shape index (κ3) is 4.40. The van der Waals surface area contributed by atoms with E-state index in [1.54, 1.807) is 6.07 Å². The van der Waals surface area contributed by atoms with Crippen LogP contribution in [0.15, 0.2) is 36.7 Å². The van der Waals surface area contributed by atoms with Gasteiger partial charge < -0.3 is 19.9 Å². The zero-order chi connectivity index (χ0) is 23.8. The second kappa shape index (κ2) is 9.13. The molecule has 0 saturated carbocycles. The Morgan fingerprint density at radius 2 is 1.94 bits per heavy atom. The number of halogens is 2. The molecule has 4 heterocycles. The van der Waals surface area contributed by atoms with E-state index in [9.17, 15) is 8.78 Å². The van der Waals surface area contributed by atoms with Crippen LogP contribution in [0.2, 0.25) is 0 Å². The van der Waals surface area contributed by atoms with Crippen LogP contribution in [0.25, 0.3) is 11.3 Å². The Morgan fingerprint density at radius 3 is 2.65 bits per heavy atom. The molecule has 3 aromatic rings. The molecule has 1 N–H and O–H groups in total. The van der Waals surface area contributed by atoms with E-state index >= 15 is 0 Å². The number of hydrogen-bond acceptors (Lipinski definition) is 7. The van der Waals surface area contributed by atoms with E-state index in [1.165, 1.54) is 11.6 Å². The first kappa shape index (κ1) is 22.5. The lowest BCUT2D eigenvalue weighted by atomic mass is 10.0. The van der Waals surface area contributed by atoms with Crippen molar-refractivity contribution in [3.8, 4) is 17.0 Å². The van der Waals surface area contributed by atoms with Crippen LogP contribution in [0, 0.1) is 11.6 Å². The van der Waals surface area contributed by atoms with Crippen LogP contribution in [0.3, 0.4) is 0 Å². The molecule has 5 rings (SSSR count). The maximum Gasteiger partial charge on any atom is 0.229 e. The predicted octanol–water partition coefficient (Wildman–Crippen LogP) is 4.59. The van der Waals surface area contributed by atoms with E-state index in [4.69, 9.17) is 4.74 Å². The zero-order valence-corrected chi connectivity index (χ0v) is 19.6. The van der Waals surface area contributed by atoms with Crippen LogP contribution in [-0.2, 0) is 0 Å². The SMILES string of the molecule is CC(C)N1CCOc2c(F)cc(-c3nc(Nc4ccc(C5CCN(C)C5)cn4)ncc3F)cc21. The number of benzene rings is 1. The Kier molecular flexibility index (Phi) is 6.03. The number of nitrogens with zero attached hydrogens (tertiary/aromatic N) is 5. The van der Waals surface area contributed by atoms with E-state index in [0.29, 0.717) is 36.1 Å². The van der Waals surface area contributed by atoms with Gasteiger partial charge in [0, 0.05) is 24.3 Å². The molecule has 7 nitrogen and oxygen atoms in total. The molecule has 34 heavy (non-hydrogen) atoms. The van der Waals surface area contributed by atoms with E-state index in [2.05, 4.69) is 32.2 Å². The number of hydrogen-bond donors (Lipinski definition) is 1. The van der Waals surface area contributed by atoms with Gasteiger partial charge >= 0.3 is 0 Å². The largest absolute Gasteiger partial charge is 0.486 e. The smallest absolute Gasteiger partial charge is 0.229 e. The third-order valence-corrected chi connectivity index (χ3v) is 6.44. The van der Waals surface area contributed by atoms with E-state index < -0.39 is 11.6 Å². The predicted molar refractivity (Wildman–Crippen MR) is 128 cm³/mol. The fraction of sp³-hybridized carbons (Fsp3) is 0.400. The minimum absolute atomic E-state index is 0.0130. The van der Waals surface area contributed by atoms with E-state index in [-0.39, 0.29) is 23.4 Å². The number of rotatable bonds is 5. The number of likely N-dealkylation sites (tertiary alicyclic amines) is 1. The molecule has 1 unspecified atom stereocenters. The first-order valence-electron chi connectivity index (χ1n) is 11.6. The lowest BCUT2D eigenvalue weighted by Crippen LogP contribution is -2.38. The van der Waals surface area contributed by atoms with Crippen molar-refractivity contribution < 1.29 is 13.5 Å². The Hall–Kier alpha value is -3.33. The molecule has 0 amide bonds. The highest BCUT2D eigenvalue weighted by atomic mass is 19.1. The van der Waals surface area contributed by atoms with Gasteiger partial charge in [0.05, 0.1) is 18.4 Å². The Morgan fingerprint density at radius 1 is 1.09 bits per heavy atom. The van der Waals surface area contributed by atoms with Gasteiger partial charge in [0.15, 0.2) is 17.4 Å². The first-order chi connectivity index (χ1) is 16.4. The zero-order valence-electron chi connectivity index (χ0n) is 19.6. The molecule has 0 aliphatic carbocycles. The van der Waals surface area contributed by atoms with Crippen LogP contribution >= 0.6 is 0 Å². The summed E-state index contributed by atoms with van der Waals surface area (Å²) in [5, 5.41) is 3.03. The molecule has 9 heteroatoms. The molecule has 0 bridgehead atoms. The molecular formula is C25H28F2N6O. The second-order valence-electron chi connectivity index (χ2n) is 9.18. The first-order valence-corrected chi connectivity index (χ1v) is 11.6. The molecule has 178 valence electrons. The van der Waals surface area contributed by atoms with Gasteiger partial charge in [-0.15, -0.1) is 0 Å². The van der Waals surface area contributed by atoms with Crippen molar-refractivity contribution >= 4 is 17.5 Å². The summed E-state index contributed by atoms with van der Waals surface area (Å²) in [5.41, 5.74) is 2.12. The summed E-state index contributed by atoms with van der Waals surface area (Å²) < 4.78 is 35.2. The number of nitrogens with one attached hydrogen (secondary N) is 1. The Balaban J connectivity index is 1.41. The van der Waals surface area contributed by atoms with Crippen LogP contribution in [0.1, 0.15) is 31.7 Å². The van der Waals surface area contributed by atoms with Crippen molar-refractivity contribution in [1.82, 2.24) is 19.9 Å². The van der Waals surface area contributed by atoms with Gasteiger partial charge in [-0.3, -0.25) is 0 Å². The minimum Gasteiger partial charge on any atom is -0.486 e. The molecule has 1 atom stereocenters. The monoisotopic (exact) mass is 466 g/mol. The van der Waals surface area contributed by atoms with Gasteiger partial charge in [0.1, 0.15) is 18.1 Å². The third-order valence-electron chi connectivity index (χ3n) is 6.44. The Bertz CT molecular complexity index is 1190. The summed E-state index contributed by atoms with van der Waals surface area (Å²) >= 11 is 0. The van der Waals surface area contributed by atoms with E-state index in [0.717, 1.165) is 25.7 Å². The van der Waals surface area contributed by atoms with Gasteiger partial charge in [-0.05, 0) is 63.5 Å². The summed E-state index contributed by atoms with van der Waals surface area (Å²) in [7, 11) is 2.12. The number of pyridine rings is 1. The van der Waals surface area contributed by atoms with Crippen LogP contribution in [-0.4, -0.2) is 59.2 Å². The number of ether oxygens (including phenoxy) is 1. The normalized spacial score (nSPS) is 18.2. The number of likely N-dealkylation sites (N-methyl/N-ethyl adjacent to an activating group) is 1. The maximum absolute atomic E-state index is 14.9. The topological polar surface area (TPSA) is 66.4 Å². The fourth-order valence-electron chi connectivity index (χ4n) is 4.65. The van der Waals surface area contributed by atoms with Crippen molar-refractivity contribution in [2.75, 3.05) is 43.5 Å². The van der Waals surface area contributed by atoms with Gasteiger partial charge in [-0.2, -0.15) is 0 Å². The second-order valence-corrected chi connectivity index (χ2v) is 9.18. The summed E-state index contributed by atoms with van der Waals surface area (Å²) in [5.74, 6) is 0.241. The molecule has 1 fully saturated rings. The maximum atomic E-state index is 14.9. The fourth-order valence-corrected chi connectivity index (χ4v) is 4.65. The molecule has 1 aromatic carbocycles. The number of aromatic nitrogens is 3. The number of anilines is 3. The van der Waals surface area contributed by atoms with Crippen molar-refractivity contribution in [1.29, 1.82) is 0 Å². The van der Waals surface area contributed by atoms with Gasteiger partial charge in [0.25, 0.3) is 0 Å². The van der Waals surface area contributed by atoms with Crippen LogP contribution in [0.4, 0.5) is 26.2 Å². The van der Waals surface area contributed by atoms with Gasteiger partial charge in [0.2, 0.25) is 5.95 Å². The quantitative estimate of drug-likeness (QED) is 0.590. The van der Waals surface area contributed by atoms with Gasteiger partial charge in [-0.1, -0.05) is 6.07 Å². The molecule has 1 saturated heterocycles. The summed E-state index contributed by atoms with van der Waals surface area (Å²) in [4.78, 5) is 17.2. The lowest BCUT2D eigenvalue weighted by molar-refractivity contribution is 0.287. The minimum atomic E-state index is -0.633. The van der Waals surface area contributed by atoms with Crippen LogP contribution < -0.4 is 15.0 Å². The summed E-state index contributed by atoms with van der Waals surface area (Å²) in [6, 6.07) is 7.03. The van der Waals surface area contributed by atoms with E-state index in [1.807, 2.05) is 37.1 Å².